The van der Waals surface area contributed by atoms with Crippen LogP contribution in [0, 0.1) is 11.7 Å². The van der Waals surface area contributed by atoms with Crippen molar-refractivity contribution in [2.45, 2.75) is 18.9 Å². The van der Waals surface area contributed by atoms with E-state index in [9.17, 15) is 14.3 Å². The van der Waals surface area contributed by atoms with E-state index in [0.717, 1.165) is 0 Å². The molecule has 1 atom stereocenters. The molecule has 3 rings (SSSR count). The third-order valence-electron chi connectivity index (χ3n) is 4.39. The van der Waals surface area contributed by atoms with E-state index in [2.05, 4.69) is 10.1 Å². The maximum absolute atomic E-state index is 13.0. The van der Waals surface area contributed by atoms with Gasteiger partial charge >= 0.3 is 0 Å². The highest BCUT2D eigenvalue weighted by atomic mass is 19.1. The second-order valence-electron chi connectivity index (χ2n) is 5.83. The minimum absolute atomic E-state index is 0.0593. The van der Waals surface area contributed by atoms with Crippen molar-refractivity contribution < 1.29 is 14.3 Å². The molecular formula is C16H19FN4O2. The number of aryl methyl sites for hydroxylation is 1. The van der Waals surface area contributed by atoms with Crippen LogP contribution in [-0.2, 0) is 7.05 Å². The Bertz CT molecular complexity index is 678. The second-order valence-corrected chi connectivity index (χ2v) is 5.83. The number of carbonyl (C=O) groups is 1. The molecule has 122 valence electrons. The smallest absolute Gasteiger partial charge is 0.291 e. The van der Waals surface area contributed by atoms with Gasteiger partial charge in [0.1, 0.15) is 12.1 Å². The number of benzene rings is 1. The fraction of sp³-hybridized carbons (Fsp3) is 0.438. The predicted octanol–water partition coefficient (Wildman–Crippen LogP) is 1.54. The highest BCUT2D eigenvalue weighted by Crippen LogP contribution is 2.31. The fourth-order valence-electron chi connectivity index (χ4n) is 2.98. The highest BCUT2D eigenvalue weighted by molar-refractivity contribution is 5.90. The van der Waals surface area contributed by atoms with Crippen molar-refractivity contribution in [2.24, 2.45) is 13.0 Å². The van der Waals surface area contributed by atoms with Crippen molar-refractivity contribution in [3.63, 3.8) is 0 Å². The van der Waals surface area contributed by atoms with Crippen molar-refractivity contribution in [1.82, 2.24) is 19.7 Å². The lowest BCUT2D eigenvalue weighted by atomic mass is 9.87. The van der Waals surface area contributed by atoms with E-state index in [4.69, 9.17) is 0 Å². The minimum atomic E-state index is -0.636. The molecule has 7 heteroatoms. The molecule has 1 aliphatic heterocycles. The number of piperidine rings is 1. The van der Waals surface area contributed by atoms with Crippen LogP contribution in [-0.4, -0.2) is 43.8 Å². The molecule has 23 heavy (non-hydrogen) atoms. The molecule has 1 fully saturated rings. The summed E-state index contributed by atoms with van der Waals surface area (Å²) in [5.41, 5.74) is 0.712. The van der Waals surface area contributed by atoms with Gasteiger partial charge in [-0.25, -0.2) is 14.1 Å². The van der Waals surface area contributed by atoms with Gasteiger partial charge in [0.15, 0.2) is 0 Å². The second kappa shape index (κ2) is 6.45. The average molecular weight is 318 g/mol. The van der Waals surface area contributed by atoms with E-state index >= 15 is 0 Å². The molecule has 0 bridgehead atoms. The monoisotopic (exact) mass is 318 g/mol. The minimum Gasteiger partial charge on any atom is -0.388 e. The molecule has 1 aromatic carbocycles. The summed E-state index contributed by atoms with van der Waals surface area (Å²) in [5, 5.41) is 14.3. The SMILES string of the molecule is Cn1ncnc1C(=O)N1CCC(C(O)c2ccc(F)cc2)CC1. The van der Waals surface area contributed by atoms with Gasteiger partial charge in [-0.3, -0.25) is 4.79 Å². The van der Waals surface area contributed by atoms with E-state index in [1.165, 1.54) is 23.1 Å². The number of aromatic nitrogens is 3. The van der Waals surface area contributed by atoms with Crippen LogP contribution < -0.4 is 0 Å². The van der Waals surface area contributed by atoms with Gasteiger partial charge in [-0.15, -0.1) is 0 Å². The maximum Gasteiger partial charge on any atom is 0.291 e. The van der Waals surface area contributed by atoms with Crippen molar-refractivity contribution in [3.8, 4) is 0 Å². The summed E-state index contributed by atoms with van der Waals surface area (Å²) >= 11 is 0. The van der Waals surface area contributed by atoms with Gasteiger partial charge in [0.2, 0.25) is 5.82 Å². The van der Waals surface area contributed by atoms with E-state index in [0.29, 0.717) is 37.3 Å². The number of rotatable bonds is 3. The summed E-state index contributed by atoms with van der Waals surface area (Å²) in [7, 11) is 1.69. The van der Waals surface area contributed by atoms with Crippen LogP contribution in [0.25, 0.3) is 0 Å². The van der Waals surface area contributed by atoms with Crippen LogP contribution in [0.1, 0.15) is 35.1 Å². The molecule has 1 aromatic heterocycles. The molecule has 1 N–H and O–H groups in total. The molecular weight excluding hydrogens is 299 g/mol. The van der Waals surface area contributed by atoms with Crippen molar-refractivity contribution in [1.29, 1.82) is 0 Å². The summed E-state index contributed by atoms with van der Waals surface area (Å²) in [5.74, 6) is -0.0729. The summed E-state index contributed by atoms with van der Waals surface area (Å²) in [6, 6.07) is 5.92. The Morgan fingerprint density at radius 1 is 1.30 bits per heavy atom. The van der Waals surface area contributed by atoms with Gasteiger partial charge < -0.3 is 10.0 Å². The van der Waals surface area contributed by atoms with Crippen LogP contribution in [0.4, 0.5) is 4.39 Å². The lowest BCUT2D eigenvalue weighted by Gasteiger charge is -2.34. The summed E-state index contributed by atoms with van der Waals surface area (Å²) in [6.07, 6.45) is 2.12. The quantitative estimate of drug-likeness (QED) is 0.932. The van der Waals surface area contributed by atoms with Crippen molar-refractivity contribution in [3.05, 3.63) is 47.8 Å². The molecule has 2 aromatic rings. The third kappa shape index (κ3) is 3.24. The fourth-order valence-corrected chi connectivity index (χ4v) is 2.98. The van der Waals surface area contributed by atoms with Crippen molar-refractivity contribution >= 4 is 5.91 Å². The Morgan fingerprint density at radius 2 is 1.96 bits per heavy atom. The first-order valence-electron chi connectivity index (χ1n) is 7.63. The first-order chi connectivity index (χ1) is 11.1. The zero-order valence-corrected chi connectivity index (χ0v) is 12.9. The normalized spacial score (nSPS) is 17.3. The molecule has 1 unspecified atom stereocenters. The molecule has 0 radical (unpaired) electrons. The molecule has 0 saturated carbocycles. The lowest BCUT2D eigenvalue weighted by molar-refractivity contribution is 0.0451. The molecule has 2 heterocycles. The summed E-state index contributed by atoms with van der Waals surface area (Å²) in [6.45, 7) is 1.13. The number of hydrogen-bond donors (Lipinski definition) is 1. The van der Waals surface area contributed by atoms with Gasteiger partial charge in [-0.2, -0.15) is 5.10 Å². The first kappa shape index (κ1) is 15.6. The van der Waals surface area contributed by atoms with Gasteiger partial charge in [0.05, 0.1) is 6.10 Å². The zero-order valence-electron chi connectivity index (χ0n) is 12.9. The van der Waals surface area contributed by atoms with Gasteiger partial charge in [-0.05, 0) is 36.5 Å². The molecule has 6 nitrogen and oxygen atoms in total. The van der Waals surface area contributed by atoms with E-state index in [1.54, 1.807) is 24.1 Å². The number of aliphatic hydroxyl groups excluding tert-OH is 1. The number of hydrogen-bond acceptors (Lipinski definition) is 4. The Labute approximate surface area is 133 Å². The summed E-state index contributed by atoms with van der Waals surface area (Å²) < 4.78 is 14.4. The number of likely N-dealkylation sites (tertiary alicyclic amines) is 1. The average Bonchev–Trinajstić information content (AvgIpc) is 3.00. The van der Waals surface area contributed by atoms with Gasteiger partial charge in [0, 0.05) is 20.1 Å². The standard InChI is InChI=1S/C16H19FN4O2/c1-20-15(18-10-19-20)16(23)21-8-6-12(7-9-21)14(22)11-2-4-13(17)5-3-11/h2-5,10,12,14,22H,6-9H2,1H3. The molecule has 1 amide bonds. The first-order valence-corrected chi connectivity index (χ1v) is 7.63. The third-order valence-corrected chi connectivity index (χ3v) is 4.39. The lowest BCUT2D eigenvalue weighted by Crippen LogP contribution is -2.40. The Morgan fingerprint density at radius 3 is 2.52 bits per heavy atom. The molecule has 0 spiro atoms. The van der Waals surface area contributed by atoms with Gasteiger partial charge in [-0.1, -0.05) is 12.1 Å². The van der Waals surface area contributed by atoms with Crippen LogP contribution in [0.3, 0.4) is 0 Å². The number of carbonyl (C=O) groups excluding carboxylic acids is 1. The Kier molecular flexibility index (Phi) is 4.38. The number of amides is 1. The highest BCUT2D eigenvalue weighted by Gasteiger charge is 2.30. The van der Waals surface area contributed by atoms with E-state index in [-0.39, 0.29) is 17.6 Å². The summed E-state index contributed by atoms with van der Waals surface area (Å²) in [4.78, 5) is 18.1. The van der Waals surface area contributed by atoms with Crippen LogP contribution in [0.2, 0.25) is 0 Å². The molecule has 1 saturated heterocycles. The van der Waals surface area contributed by atoms with Crippen molar-refractivity contribution in [2.75, 3.05) is 13.1 Å². The van der Waals surface area contributed by atoms with Crippen LogP contribution >= 0.6 is 0 Å². The number of halogens is 1. The Hall–Kier alpha value is -2.28. The van der Waals surface area contributed by atoms with E-state index < -0.39 is 6.10 Å². The topological polar surface area (TPSA) is 71.2 Å². The molecule has 0 aliphatic carbocycles. The Balaban J connectivity index is 1.61. The van der Waals surface area contributed by atoms with Crippen LogP contribution in [0.5, 0.6) is 0 Å². The van der Waals surface area contributed by atoms with Gasteiger partial charge in [0.25, 0.3) is 5.91 Å². The predicted molar refractivity (Wildman–Crippen MR) is 81.0 cm³/mol. The number of aliphatic hydroxyl groups is 1. The number of nitrogens with zero attached hydrogens (tertiary/aromatic N) is 4. The zero-order chi connectivity index (χ0) is 16.4. The largest absolute Gasteiger partial charge is 0.388 e. The molecule has 1 aliphatic rings. The van der Waals surface area contributed by atoms with Crippen LogP contribution in [0.15, 0.2) is 30.6 Å². The van der Waals surface area contributed by atoms with E-state index in [1.807, 2.05) is 0 Å². The maximum atomic E-state index is 13.0.